The van der Waals surface area contributed by atoms with E-state index >= 15 is 0 Å². The molecule has 0 aliphatic heterocycles. The summed E-state index contributed by atoms with van der Waals surface area (Å²) in [5.74, 6) is 0.0680. The minimum atomic E-state index is -0.136. The van der Waals surface area contributed by atoms with E-state index in [1.165, 1.54) is 167 Å². The third-order valence-corrected chi connectivity index (χ3v) is 13.4. The highest BCUT2D eigenvalue weighted by Crippen LogP contribution is 2.22. The molecule has 0 N–H and O–H groups in total. The minimum absolute atomic E-state index is 0.0339. The first-order valence-corrected chi connectivity index (χ1v) is 30.4. The van der Waals surface area contributed by atoms with Crippen molar-refractivity contribution in [3.05, 3.63) is 48.6 Å². The largest absolute Gasteiger partial charge is 0.465 e. The molecule has 0 aromatic heterocycles. The van der Waals surface area contributed by atoms with Crippen molar-refractivity contribution in [1.29, 1.82) is 0 Å². The highest BCUT2D eigenvalue weighted by atomic mass is 16.7. The molecule has 412 valence electrons. The van der Waals surface area contributed by atoms with Gasteiger partial charge in [0.25, 0.3) is 0 Å². The van der Waals surface area contributed by atoms with Crippen LogP contribution in [0.2, 0.25) is 0 Å². The molecule has 0 aromatic carbocycles. The summed E-state index contributed by atoms with van der Waals surface area (Å²) in [6, 6.07) is 0. The zero-order chi connectivity index (χ0) is 50.9. The number of hydrogen-bond acceptors (Lipinski definition) is 7. The van der Waals surface area contributed by atoms with E-state index in [9.17, 15) is 4.79 Å². The molecule has 70 heavy (non-hydrogen) atoms. The fourth-order valence-electron chi connectivity index (χ4n) is 8.80. The molecule has 0 radical (unpaired) electrons. The molecule has 0 rings (SSSR count). The van der Waals surface area contributed by atoms with Gasteiger partial charge in [-0.2, -0.15) is 0 Å². The fourth-order valence-corrected chi connectivity index (χ4v) is 8.80. The lowest BCUT2D eigenvalue weighted by atomic mass is 9.94. The smallest absolute Gasteiger partial charge is 0.308 e. The molecule has 0 amide bonds. The summed E-state index contributed by atoms with van der Waals surface area (Å²) in [6.45, 7) is 13.1. The standard InChI is InChI=1S/C63H119NO6/c1-7-11-15-19-29-37-45-55-66-61(67-56-46-38-30-20-16-12-8-2)52-43-35-27-23-25-33-41-50-60(63(65)70-59-49-54-64(5)6)51-42-34-26-24-28-36-44-53-62(68-57-47-39-31-21-17-13-9-3)69-58-48-40-32-22-18-14-10-4/h37-40,45-48,60-62H,7-36,41-44,49-59H2,1-6H3/b45-37-,46-38-,47-39-,48-40-. The number of carbonyl (C=O) groups excluding carboxylic acids is 1. The second-order valence-corrected chi connectivity index (χ2v) is 20.6. The predicted molar refractivity (Wildman–Crippen MR) is 304 cm³/mol. The lowest BCUT2D eigenvalue weighted by molar-refractivity contribution is -0.149. The first kappa shape index (κ1) is 68.2. The van der Waals surface area contributed by atoms with Crippen molar-refractivity contribution in [3.8, 4) is 0 Å². The van der Waals surface area contributed by atoms with Crippen LogP contribution in [0.5, 0.6) is 0 Å². The Kier molecular flexibility index (Phi) is 56.7. The van der Waals surface area contributed by atoms with Gasteiger partial charge < -0.3 is 28.6 Å². The Morgan fingerprint density at radius 1 is 0.357 bits per heavy atom. The monoisotopic (exact) mass is 986 g/mol. The second kappa shape index (κ2) is 58.1. The van der Waals surface area contributed by atoms with Gasteiger partial charge in [-0.1, -0.05) is 230 Å². The summed E-state index contributed by atoms with van der Waals surface area (Å²) < 4.78 is 30.6. The van der Waals surface area contributed by atoms with E-state index in [0.29, 0.717) is 33.0 Å². The van der Waals surface area contributed by atoms with Crippen LogP contribution in [0.15, 0.2) is 48.6 Å². The Balaban J connectivity index is 4.66. The van der Waals surface area contributed by atoms with Gasteiger partial charge in [0, 0.05) is 6.54 Å². The first-order valence-electron chi connectivity index (χ1n) is 30.4. The van der Waals surface area contributed by atoms with Crippen LogP contribution in [0.4, 0.5) is 0 Å². The number of ether oxygens (including phenoxy) is 5. The Morgan fingerprint density at radius 3 is 0.943 bits per heavy atom. The zero-order valence-electron chi connectivity index (χ0n) is 47.6. The van der Waals surface area contributed by atoms with Crippen LogP contribution >= 0.6 is 0 Å². The van der Waals surface area contributed by atoms with Crippen molar-refractivity contribution in [3.63, 3.8) is 0 Å². The number of esters is 1. The molecule has 0 spiro atoms. The second-order valence-electron chi connectivity index (χ2n) is 20.6. The molecular weight excluding hydrogens is 867 g/mol. The molecule has 0 fully saturated rings. The van der Waals surface area contributed by atoms with E-state index < -0.39 is 0 Å². The van der Waals surface area contributed by atoms with Crippen molar-refractivity contribution in [2.75, 3.05) is 53.7 Å². The van der Waals surface area contributed by atoms with Gasteiger partial charge >= 0.3 is 5.97 Å². The third-order valence-electron chi connectivity index (χ3n) is 13.4. The number of rotatable bonds is 57. The third kappa shape index (κ3) is 52.5. The molecule has 0 aliphatic rings. The summed E-state index contributed by atoms with van der Waals surface area (Å²) in [5.41, 5.74) is 0. The van der Waals surface area contributed by atoms with Gasteiger partial charge in [0.05, 0.1) is 39.0 Å². The number of hydrogen-bond donors (Lipinski definition) is 0. The summed E-state index contributed by atoms with van der Waals surface area (Å²) in [7, 11) is 4.15. The van der Waals surface area contributed by atoms with Gasteiger partial charge in [-0.05, 0) is 110 Å². The molecule has 0 heterocycles. The Hall–Kier alpha value is -1.77. The van der Waals surface area contributed by atoms with Crippen molar-refractivity contribution in [2.24, 2.45) is 5.92 Å². The van der Waals surface area contributed by atoms with E-state index in [0.717, 1.165) is 90.0 Å². The average Bonchev–Trinajstić information content (AvgIpc) is 3.35. The minimum Gasteiger partial charge on any atom is -0.465 e. The van der Waals surface area contributed by atoms with Crippen molar-refractivity contribution >= 4 is 5.97 Å². The van der Waals surface area contributed by atoms with Crippen molar-refractivity contribution < 1.29 is 28.5 Å². The summed E-state index contributed by atoms with van der Waals surface area (Å²) >= 11 is 0. The fraction of sp³-hybridized carbons (Fsp3) is 0.857. The quantitative estimate of drug-likeness (QED) is 0.0260. The van der Waals surface area contributed by atoms with Gasteiger partial charge in [-0.25, -0.2) is 0 Å². The van der Waals surface area contributed by atoms with Gasteiger partial charge in [0.1, 0.15) is 0 Å². The molecular formula is C63H119NO6. The van der Waals surface area contributed by atoms with E-state index in [-0.39, 0.29) is 24.5 Å². The molecule has 7 heteroatoms. The van der Waals surface area contributed by atoms with Crippen LogP contribution in [0.3, 0.4) is 0 Å². The number of allylic oxidation sites excluding steroid dienone is 4. The van der Waals surface area contributed by atoms with E-state index in [1.807, 2.05) is 0 Å². The maximum atomic E-state index is 13.3. The summed E-state index contributed by atoms with van der Waals surface area (Å²) in [4.78, 5) is 15.4. The van der Waals surface area contributed by atoms with Gasteiger partial charge in [0.15, 0.2) is 12.6 Å². The molecule has 0 atom stereocenters. The van der Waals surface area contributed by atoms with Crippen molar-refractivity contribution in [2.45, 2.75) is 291 Å². The highest BCUT2D eigenvalue weighted by molar-refractivity contribution is 5.72. The topological polar surface area (TPSA) is 66.5 Å². The molecule has 0 bridgehead atoms. The first-order chi connectivity index (χ1) is 34.5. The van der Waals surface area contributed by atoms with Crippen LogP contribution in [0.25, 0.3) is 0 Å². The number of nitrogens with zero attached hydrogens (tertiary/aromatic N) is 1. The van der Waals surface area contributed by atoms with Gasteiger partial charge in [-0.15, -0.1) is 0 Å². The molecule has 0 saturated heterocycles. The van der Waals surface area contributed by atoms with Gasteiger partial charge in [-0.3, -0.25) is 4.79 Å². The molecule has 0 unspecified atom stereocenters. The summed E-state index contributed by atoms with van der Waals surface area (Å²) in [5, 5.41) is 0. The van der Waals surface area contributed by atoms with E-state index in [4.69, 9.17) is 23.7 Å². The SMILES string of the molecule is CCCCCC/C=C\COC(CCCCCCCCCC(CCCCCCCCCC(OC/C=C\CCCCCC)OC/C=C\CCCCCC)C(=O)OCCCN(C)C)OC/C=C\CCCCCC. The lowest BCUT2D eigenvalue weighted by Crippen LogP contribution is -2.21. The van der Waals surface area contributed by atoms with Crippen LogP contribution in [0, 0.1) is 5.92 Å². The summed E-state index contributed by atoms with van der Waals surface area (Å²) in [6.07, 6.45) is 64.4. The molecule has 7 nitrogen and oxygen atoms in total. The molecule has 0 aliphatic carbocycles. The van der Waals surface area contributed by atoms with Crippen LogP contribution in [0.1, 0.15) is 278 Å². The Morgan fingerprint density at radius 2 is 0.643 bits per heavy atom. The maximum absolute atomic E-state index is 13.3. The number of unbranched alkanes of at least 4 members (excludes halogenated alkanes) is 28. The number of carbonyl (C=O) groups is 1. The predicted octanol–water partition coefficient (Wildman–Crippen LogP) is 18.9. The lowest BCUT2D eigenvalue weighted by Gasteiger charge is -2.17. The average molecular weight is 987 g/mol. The van der Waals surface area contributed by atoms with E-state index in [1.54, 1.807) is 0 Å². The van der Waals surface area contributed by atoms with E-state index in [2.05, 4.69) is 95.3 Å². The molecule has 0 aromatic rings. The highest BCUT2D eigenvalue weighted by Gasteiger charge is 2.19. The van der Waals surface area contributed by atoms with Gasteiger partial charge in [0.2, 0.25) is 0 Å². The van der Waals surface area contributed by atoms with Crippen LogP contribution < -0.4 is 0 Å². The zero-order valence-corrected chi connectivity index (χ0v) is 47.6. The Labute approximate surface area is 436 Å². The van der Waals surface area contributed by atoms with Crippen LogP contribution in [-0.2, 0) is 28.5 Å². The van der Waals surface area contributed by atoms with Crippen molar-refractivity contribution in [1.82, 2.24) is 4.90 Å². The maximum Gasteiger partial charge on any atom is 0.308 e. The normalized spacial score (nSPS) is 12.4. The molecule has 0 saturated carbocycles. The Bertz CT molecular complexity index is 1030. The van der Waals surface area contributed by atoms with Crippen LogP contribution in [-0.4, -0.2) is 77.1 Å².